The number of carbonyl (C=O) groups excluding carboxylic acids is 1. The van der Waals surface area contributed by atoms with Crippen molar-refractivity contribution in [2.75, 3.05) is 5.32 Å². The number of carbonyl (C=O) groups is 2. The normalized spacial score (nSPS) is 11.8. The van der Waals surface area contributed by atoms with Crippen LogP contribution in [0.5, 0.6) is 0 Å². The number of benzene rings is 1. The topological polar surface area (TPSA) is 104 Å². The van der Waals surface area contributed by atoms with E-state index in [1.807, 2.05) is 30.3 Å². The Labute approximate surface area is 159 Å². The number of hydrogen-bond acceptors (Lipinski definition) is 4. The lowest BCUT2D eigenvalue weighted by Gasteiger charge is -2.18. The van der Waals surface area contributed by atoms with Crippen LogP contribution in [0.15, 0.2) is 42.7 Å². The third-order valence-corrected chi connectivity index (χ3v) is 3.92. The number of nitrogens with zero attached hydrogens (tertiary/aromatic N) is 2. The fourth-order valence-electron chi connectivity index (χ4n) is 2.66. The molecule has 1 atom stereocenters. The molecule has 0 aliphatic rings. The van der Waals surface area contributed by atoms with Crippen LogP contribution in [0.4, 0.5) is 10.5 Å². The summed E-state index contributed by atoms with van der Waals surface area (Å²) in [5.41, 5.74) is 1.53. The van der Waals surface area contributed by atoms with Crippen molar-refractivity contribution < 1.29 is 14.7 Å². The number of urea groups is 1. The molecular formula is C20H26N4O3. The minimum absolute atomic E-state index is 0.00914. The quantitative estimate of drug-likeness (QED) is 0.628. The summed E-state index contributed by atoms with van der Waals surface area (Å²) in [6.07, 6.45) is 4.83. The van der Waals surface area contributed by atoms with E-state index < -0.39 is 12.0 Å². The summed E-state index contributed by atoms with van der Waals surface area (Å²) in [7, 11) is 0. The molecular weight excluding hydrogens is 344 g/mol. The van der Waals surface area contributed by atoms with Gasteiger partial charge in [0.05, 0.1) is 18.1 Å². The summed E-state index contributed by atoms with van der Waals surface area (Å²) in [6, 6.07) is 8.97. The Morgan fingerprint density at radius 1 is 1.07 bits per heavy atom. The van der Waals surface area contributed by atoms with Crippen molar-refractivity contribution in [3.63, 3.8) is 0 Å². The van der Waals surface area contributed by atoms with Gasteiger partial charge in [-0.15, -0.1) is 0 Å². The van der Waals surface area contributed by atoms with Crippen LogP contribution in [0, 0.1) is 5.92 Å². The molecule has 0 saturated carbocycles. The summed E-state index contributed by atoms with van der Waals surface area (Å²) in [5, 5.41) is 14.5. The van der Waals surface area contributed by atoms with Gasteiger partial charge in [0.2, 0.25) is 0 Å². The van der Waals surface area contributed by atoms with Gasteiger partial charge in [0.25, 0.3) is 0 Å². The molecule has 7 heteroatoms. The van der Waals surface area contributed by atoms with E-state index >= 15 is 0 Å². The first kappa shape index (κ1) is 20.4. The molecule has 1 aromatic heterocycles. The van der Waals surface area contributed by atoms with E-state index in [4.69, 9.17) is 5.11 Å². The van der Waals surface area contributed by atoms with Crippen molar-refractivity contribution in [2.45, 2.75) is 45.6 Å². The molecule has 1 aromatic carbocycles. The highest BCUT2D eigenvalue weighted by Crippen LogP contribution is 2.10. The van der Waals surface area contributed by atoms with Gasteiger partial charge in [-0.05, 0) is 24.3 Å². The van der Waals surface area contributed by atoms with E-state index in [0.717, 1.165) is 17.8 Å². The second-order valence-electron chi connectivity index (χ2n) is 6.90. The maximum atomic E-state index is 12.3. The van der Waals surface area contributed by atoms with Crippen LogP contribution in [0.25, 0.3) is 0 Å². The molecule has 0 spiro atoms. The van der Waals surface area contributed by atoms with E-state index in [0.29, 0.717) is 24.4 Å². The minimum atomic E-state index is -0.885. The monoisotopic (exact) mass is 370 g/mol. The molecule has 0 radical (unpaired) electrons. The third-order valence-electron chi connectivity index (χ3n) is 3.92. The minimum Gasteiger partial charge on any atom is -0.481 e. The van der Waals surface area contributed by atoms with E-state index in [2.05, 4.69) is 34.4 Å². The van der Waals surface area contributed by atoms with Gasteiger partial charge in [-0.2, -0.15) is 0 Å². The molecule has 2 aromatic rings. The van der Waals surface area contributed by atoms with Gasteiger partial charge in [-0.3, -0.25) is 4.79 Å². The van der Waals surface area contributed by atoms with Gasteiger partial charge in [-0.25, -0.2) is 14.8 Å². The average Bonchev–Trinajstić information content (AvgIpc) is 2.62. The van der Waals surface area contributed by atoms with Crippen LogP contribution in [0.2, 0.25) is 0 Å². The number of carboxylic acid groups (broad SMARTS) is 1. The third kappa shape index (κ3) is 7.85. The largest absolute Gasteiger partial charge is 0.481 e. The molecule has 2 rings (SSSR count). The van der Waals surface area contributed by atoms with Gasteiger partial charge >= 0.3 is 12.0 Å². The lowest BCUT2D eigenvalue weighted by atomic mass is 10.0. The lowest BCUT2D eigenvalue weighted by Crippen LogP contribution is -2.39. The molecule has 144 valence electrons. The average molecular weight is 370 g/mol. The predicted molar refractivity (Wildman–Crippen MR) is 104 cm³/mol. The molecule has 1 unspecified atom stereocenters. The molecule has 2 amide bonds. The first-order valence-corrected chi connectivity index (χ1v) is 9.06. The number of amides is 2. The smallest absolute Gasteiger partial charge is 0.319 e. The summed E-state index contributed by atoms with van der Waals surface area (Å²) in [4.78, 5) is 31.7. The first-order valence-electron chi connectivity index (χ1n) is 9.06. The fraction of sp³-hybridized carbons (Fsp3) is 0.400. The number of anilines is 1. The lowest BCUT2D eigenvalue weighted by molar-refractivity contribution is -0.137. The number of aromatic nitrogens is 2. The molecule has 7 nitrogen and oxygen atoms in total. The molecule has 0 aliphatic heterocycles. The Bertz CT molecular complexity index is 733. The van der Waals surface area contributed by atoms with Crippen LogP contribution in [0.3, 0.4) is 0 Å². The summed E-state index contributed by atoms with van der Waals surface area (Å²) < 4.78 is 0. The summed E-state index contributed by atoms with van der Waals surface area (Å²) >= 11 is 0. The van der Waals surface area contributed by atoms with Crippen LogP contribution < -0.4 is 10.6 Å². The number of nitrogens with one attached hydrogen (secondary N) is 2. The molecule has 1 heterocycles. The maximum absolute atomic E-state index is 12.3. The highest BCUT2D eigenvalue weighted by atomic mass is 16.4. The molecule has 0 aliphatic carbocycles. The van der Waals surface area contributed by atoms with Gasteiger partial charge < -0.3 is 15.7 Å². The van der Waals surface area contributed by atoms with Gasteiger partial charge in [0.1, 0.15) is 5.82 Å². The van der Waals surface area contributed by atoms with Crippen LogP contribution in [-0.2, 0) is 17.6 Å². The zero-order chi connectivity index (χ0) is 19.6. The Hall–Kier alpha value is -2.96. The molecule has 0 saturated heterocycles. The van der Waals surface area contributed by atoms with Crippen molar-refractivity contribution in [2.24, 2.45) is 5.92 Å². The van der Waals surface area contributed by atoms with Crippen molar-refractivity contribution in [1.29, 1.82) is 0 Å². The van der Waals surface area contributed by atoms with E-state index in [-0.39, 0.29) is 12.5 Å². The van der Waals surface area contributed by atoms with E-state index in [9.17, 15) is 9.59 Å². The van der Waals surface area contributed by atoms with Gasteiger partial charge in [-0.1, -0.05) is 44.2 Å². The van der Waals surface area contributed by atoms with E-state index in [1.54, 1.807) is 12.4 Å². The Morgan fingerprint density at radius 2 is 1.74 bits per heavy atom. The molecule has 0 fully saturated rings. The zero-order valence-electron chi connectivity index (χ0n) is 15.7. The SMILES string of the molecule is CC(C)Cc1ncc(NC(=O)NC(CCC(=O)O)Cc2ccccc2)cn1. The summed E-state index contributed by atoms with van der Waals surface area (Å²) in [5.74, 6) is 0.309. The highest BCUT2D eigenvalue weighted by molar-refractivity contribution is 5.89. The van der Waals surface area contributed by atoms with Crippen molar-refractivity contribution >= 4 is 17.7 Å². The van der Waals surface area contributed by atoms with E-state index in [1.165, 1.54) is 0 Å². The predicted octanol–water partition coefficient (Wildman–Crippen LogP) is 3.27. The number of aliphatic carboxylic acids is 1. The molecule has 0 bridgehead atoms. The summed E-state index contributed by atoms with van der Waals surface area (Å²) in [6.45, 7) is 4.18. The second-order valence-corrected chi connectivity index (χ2v) is 6.90. The highest BCUT2D eigenvalue weighted by Gasteiger charge is 2.15. The Morgan fingerprint density at radius 3 is 2.33 bits per heavy atom. The fourth-order valence-corrected chi connectivity index (χ4v) is 2.66. The van der Waals surface area contributed by atoms with Crippen molar-refractivity contribution in [1.82, 2.24) is 15.3 Å². The first-order chi connectivity index (χ1) is 12.9. The maximum Gasteiger partial charge on any atom is 0.319 e. The molecule has 27 heavy (non-hydrogen) atoms. The molecule has 3 N–H and O–H groups in total. The Kier molecular flexibility index (Phi) is 7.73. The van der Waals surface area contributed by atoms with Crippen molar-refractivity contribution in [3.05, 3.63) is 54.1 Å². The number of carboxylic acids is 1. The zero-order valence-corrected chi connectivity index (χ0v) is 15.7. The van der Waals surface area contributed by atoms with Gasteiger partial charge in [0.15, 0.2) is 0 Å². The van der Waals surface area contributed by atoms with Crippen LogP contribution in [0.1, 0.15) is 38.1 Å². The van der Waals surface area contributed by atoms with Crippen LogP contribution in [-0.4, -0.2) is 33.1 Å². The van der Waals surface area contributed by atoms with Crippen molar-refractivity contribution in [3.8, 4) is 0 Å². The van der Waals surface area contributed by atoms with Crippen LogP contribution >= 0.6 is 0 Å². The Balaban J connectivity index is 1.94. The van der Waals surface area contributed by atoms with Gasteiger partial charge in [0, 0.05) is 18.9 Å². The number of rotatable bonds is 9. The standard InChI is InChI=1S/C20H26N4O3/c1-14(2)10-18-21-12-17(13-22-18)24-20(27)23-16(8-9-19(25)26)11-15-6-4-3-5-7-15/h3-7,12-14,16H,8-11H2,1-2H3,(H,25,26)(H2,23,24,27). The second kappa shape index (κ2) is 10.3. The number of hydrogen-bond donors (Lipinski definition) is 3.